The predicted octanol–water partition coefficient (Wildman–Crippen LogP) is 3.57. The van der Waals surface area contributed by atoms with Crippen LogP contribution in [-0.2, 0) is 14.6 Å². The van der Waals surface area contributed by atoms with Crippen LogP contribution in [0.4, 0.5) is 0 Å². The summed E-state index contributed by atoms with van der Waals surface area (Å²) in [5.41, 5.74) is 0.879. The third-order valence-electron chi connectivity index (χ3n) is 6.23. The van der Waals surface area contributed by atoms with Gasteiger partial charge < -0.3 is 4.90 Å². The van der Waals surface area contributed by atoms with Gasteiger partial charge in [-0.05, 0) is 55.7 Å². The fraction of sp³-hybridized carbons (Fsp3) is 0.375. The molecular formula is C24H25ClN2O5S. The van der Waals surface area contributed by atoms with Crippen LogP contribution >= 0.6 is 11.6 Å². The number of halogens is 1. The highest BCUT2D eigenvalue weighted by Crippen LogP contribution is 2.26. The molecule has 1 fully saturated rings. The van der Waals surface area contributed by atoms with Gasteiger partial charge in [-0.2, -0.15) is 0 Å². The number of carbonyl (C=O) groups excluding carboxylic acids is 3. The van der Waals surface area contributed by atoms with E-state index < -0.39 is 15.1 Å². The molecule has 9 heteroatoms. The maximum atomic E-state index is 12.8. The fourth-order valence-electron chi connectivity index (χ4n) is 4.35. The summed E-state index contributed by atoms with van der Waals surface area (Å²) in [6, 6.07) is 12.9. The number of sulfone groups is 1. The van der Waals surface area contributed by atoms with Crippen molar-refractivity contribution in [1.82, 2.24) is 9.80 Å². The van der Waals surface area contributed by atoms with Gasteiger partial charge in [-0.1, -0.05) is 30.2 Å². The third kappa shape index (κ3) is 4.82. The molecule has 2 aliphatic heterocycles. The topological polar surface area (TPSA) is 91.8 Å². The van der Waals surface area contributed by atoms with Crippen LogP contribution in [0.3, 0.4) is 0 Å². The van der Waals surface area contributed by atoms with Crippen molar-refractivity contribution in [2.75, 3.05) is 19.6 Å². The molecule has 2 aromatic carbocycles. The fourth-order valence-corrected chi connectivity index (χ4v) is 6.17. The molecule has 0 saturated carbocycles. The number of imide groups is 1. The minimum Gasteiger partial charge on any atom is -0.341 e. The van der Waals surface area contributed by atoms with Gasteiger partial charge in [0, 0.05) is 31.1 Å². The van der Waals surface area contributed by atoms with E-state index >= 15 is 0 Å². The molecule has 0 aliphatic carbocycles. The minimum absolute atomic E-state index is 0.0652. The van der Waals surface area contributed by atoms with E-state index in [0.717, 1.165) is 0 Å². The Morgan fingerprint density at radius 2 is 1.58 bits per heavy atom. The second-order valence-electron chi connectivity index (χ2n) is 8.37. The summed E-state index contributed by atoms with van der Waals surface area (Å²) in [7, 11) is -3.52. The largest absolute Gasteiger partial charge is 0.341 e. The van der Waals surface area contributed by atoms with Crippen molar-refractivity contribution in [3.8, 4) is 0 Å². The lowest BCUT2D eigenvalue weighted by molar-refractivity contribution is -0.130. The van der Waals surface area contributed by atoms with Crippen LogP contribution in [0.15, 0.2) is 53.4 Å². The smallest absolute Gasteiger partial charge is 0.261 e. The number of carbonyl (C=O) groups is 3. The van der Waals surface area contributed by atoms with Crippen molar-refractivity contribution in [2.45, 2.75) is 42.2 Å². The molecule has 2 aromatic rings. The Morgan fingerprint density at radius 3 is 2.21 bits per heavy atom. The number of amides is 3. The molecule has 0 aromatic heterocycles. The number of nitrogens with zero attached hydrogens (tertiary/aromatic N) is 2. The average molecular weight is 489 g/mol. The summed E-state index contributed by atoms with van der Waals surface area (Å²) in [6.07, 6.45) is 2.66. The zero-order valence-electron chi connectivity index (χ0n) is 18.1. The van der Waals surface area contributed by atoms with Crippen LogP contribution in [0.2, 0.25) is 5.02 Å². The Morgan fingerprint density at radius 1 is 0.939 bits per heavy atom. The van der Waals surface area contributed by atoms with Crippen LogP contribution in [-0.4, -0.2) is 60.8 Å². The van der Waals surface area contributed by atoms with E-state index in [-0.39, 0.29) is 29.2 Å². The van der Waals surface area contributed by atoms with E-state index in [0.29, 0.717) is 61.3 Å². The third-order valence-corrected chi connectivity index (χ3v) is 8.67. The summed E-state index contributed by atoms with van der Waals surface area (Å²) < 4.78 is 25.7. The summed E-state index contributed by atoms with van der Waals surface area (Å²) in [6.45, 7) is 0.940. The number of likely N-dealkylation sites (tertiary alicyclic amines) is 1. The molecule has 33 heavy (non-hydrogen) atoms. The maximum absolute atomic E-state index is 12.8. The van der Waals surface area contributed by atoms with Crippen molar-refractivity contribution in [2.24, 2.45) is 0 Å². The molecule has 0 N–H and O–H groups in total. The average Bonchev–Trinajstić information content (AvgIpc) is 3.40. The van der Waals surface area contributed by atoms with Crippen LogP contribution < -0.4 is 0 Å². The van der Waals surface area contributed by atoms with Crippen molar-refractivity contribution in [3.63, 3.8) is 0 Å². The van der Waals surface area contributed by atoms with Gasteiger partial charge in [-0.3, -0.25) is 19.3 Å². The van der Waals surface area contributed by atoms with Crippen molar-refractivity contribution < 1.29 is 22.8 Å². The molecule has 1 atom stereocenters. The van der Waals surface area contributed by atoms with Gasteiger partial charge in [0.1, 0.15) is 0 Å². The monoisotopic (exact) mass is 488 g/mol. The molecule has 3 amide bonds. The molecular weight excluding hydrogens is 464 g/mol. The Balaban J connectivity index is 1.21. The Kier molecular flexibility index (Phi) is 6.86. The lowest BCUT2D eigenvalue weighted by Gasteiger charge is -2.17. The second-order valence-corrected chi connectivity index (χ2v) is 11.0. The quantitative estimate of drug-likeness (QED) is 0.418. The van der Waals surface area contributed by atoms with E-state index in [4.69, 9.17) is 11.6 Å². The summed E-state index contributed by atoms with van der Waals surface area (Å²) in [4.78, 5) is 40.4. The van der Waals surface area contributed by atoms with Crippen LogP contribution in [0.25, 0.3) is 0 Å². The molecule has 0 bridgehead atoms. The SMILES string of the molecule is O=C(CCCCCN1C(=O)c2ccccc2C1=O)N1CCC(S(=O)(=O)c2ccc(Cl)cc2)C1. The number of benzene rings is 2. The summed E-state index contributed by atoms with van der Waals surface area (Å²) in [5, 5.41) is -0.142. The predicted molar refractivity (Wildman–Crippen MR) is 124 cm³/mol. The Bertz CT molecular complexity index is 1140. The standard InChI is InChI=1S/C24H25ClN2O5S/c25-17-9-11-18(12-10-17)33(31,32)19-13-15-26(16-19)22(28)8-2-1-5-14-27-23(29)20-6-3-4-7-21(20)24(27)30/h3-4,6-7,9-12,19H,1-2,5,8,13-16H2. The first-order valence-corrected chi connectivity index (χ1v) is 12.9. The maximum Gasteiger partial charge on any atom is 0.261 e. The Hall–Kier alpha value is -2.71. The normalized spacial score (nSPS) is 18.2. The molecule has 0 radical (unpaired) electrons. The molecule has 7 nitrogen and oxygen atoms in total. The zero-order valence-corrected chi connectivity index (χ0v) is 19.6. The molecule has 0 spiro atoms. The van der Waals surface area contributed by atoms with Crippen molar-refractivity contribution >= 4 is 39.2 Å². The van der Waals surface area contributed by atoms with E-state index in [9.17, 15) is 22.8 Å². The van der Waals surface area contributed by atoms with E-state index in [1.165, 1.54) is 17.0 Å². The molecule has 2 aliphatic rings. The van der Waals surface area contributed by atoms with Gasteiger partial charge in [0.05, 0.1) is 21.3 Å². The minimum atomic E-state index is -3.52. The highest BCUT2D eigenvalue weighted by molar-refractivity contribution is 7.92. The van der Waals surface area contributed by atoms with Crippen LogP contribution in [0.1, 0.15) is 52.8 Å². The van der Waals surface area contributed by atoms with E-state index in [1.54, 1.807) is 41.3 Å². The van der Waals surface area contributed by atoms with E-state index in [1.807, 2.05) is 0 Å². The van der Waals surface area contributed by atoms with E-state index in [2.05, 4.69) is 0 Å². The highest BCUT2D eigenvalue weighted by atomic mass is 35.5. The molecule has 1 saturated heterocycles. The molecule has 2 heterocycles. The van der Waals surface area contributed by atoms with Crippen molar-refractivity contribution in [1.29, 1.82) is 0 Å². The summed E-state index contributed by atoms with van der Waals surface area (Å²) in [5.74, 6) is -0.599. The first-order chi connectivity index (χ1) is 15.8. The van der Waals surface area contributed by atoms with Crippen LogP contribution in [0.5, 0.6) is 0 Å². The second kappa shape index (κ2) is 9.65. The zero-order chi connectivity index (χ0) is 23.6. The number of unbranched alkanes of at least 4 members (excludes halogenated alkanes) is 2. The number of hydrogen-bond acceptors (Lipinski definition) is 5. The molecule has 1 unspecified atom stereocenters. The van der Waals surface area contributed by atoms with Gasteiger partial charge in [-0.15, -0.1) is 0 Å². The molecule has 174 valence electrons. The summed E-state index contributed by atoms with van der Waals surface area (Å²) >= 11 is 5.85. The lowest BCUT2D eigenvalue weighted by atomic mass is 10.1. The van der Waals surface area contributed by atoms with Gasteiger partial charge in [0.25, 0.3) is 11.8 Å². The van der Waals surface area contributed by atoms with Crippen molar-refractivity contribution in [3.05, 3.63) is 64.7 Å². The van der Waals surface area contributed by atoms with Gasteiger partial charge in [0.15, 0.2) is 9.84 Å². The lowest BCUT2D eigenvalue weighted by Crippen LogP contribution is -2.32. The first-order valence-electron chi connectivity index (χ1n) is 11.0. The number of fused-ring (bicyclic) bond motifs is 1. The van der Waals surface area contributed by atoms with Gasteiger partial charge >= 0.3 is 0 Å². The van der Waals surface area contributed by atoms with Crippen LogP contribution in [0, 0.1) is 0 Å². The molecule has 4 rings (SSSR count). The number of hydrogen-bond donors (Lipinski definition) is 0. The first kappa shape index (κ1) is 23.4. The Labute approximate surface area is 198 Å². The number of rotatable bonds is 8. The van der Waals surface area contributed by atoms with Gasteiger partial charge in [-0.25, -0.2) is 8.42 Å². The highest BCUT2D eigenvalue weighted by Gasteiger charge is 2.36. The van der Waals surface area contributed by atoms with Gasteiger partial charge in [0.2, 0.25) is 5.91 Å².